The van der Waals surface area contributed by atoms with E-state index in [9.17, 15) is 4.79 Å². The van der Waals surface area contributed by atoms with Crippen LogP contribution in [0, 0.1) is 3.57 Å². The molecule has 68 valence electrons. The van der Waals surface area contributed by atoms with Gasteiger partial charge in [0.1, 0.15) is 0 Å². The number of hydrogen-bond acceptors (Lipinski definition) is 1. The molecule has 0 bridgehead atoms. The summed E-state index contributed by atoms with van der Waals surface area (Å²) in [7, 11) is 0. The highest BCUT2D eigenvalue weighted by atomic mass is 127. The van der Waals surface area contributed by atoms with Crippen molar-refractivity contribution in [3.05, 3.63) is 44.0 Å². The molecule has 0 amide bonds. The van der Waals surface area contributed by atoms with Gasteiger partial charge < -0.3 is 0 Å². The first-order valence-corrected chi connectivity index (χ1v) is 5.64. The molecule has 1 aromatic rings. The van der Waals surface area contributed by atoms with Crippen LogP contribution in [0.3, 0.4) is 0 Å². The minimum absolute atomic E-state index is 0.0413. The number of carbonyl (C=O) groups excluding carboxylic acids is 1. The highest BCUT2D eigenvalue weighted by Gasteiger charge is 2.03. The van der Waals surface area contributed by atoms with E-state index in [-0.39, 0.29) is 5.78 Å². The molecule has 0 atom stereocenters. The van der Waals surface area contributed by atoms with Crippen LogP contribution in [-0.2, 0) is 0 Å². The molecule has 0 aliphatic rings. The molecule has 1 aromatic carbocycles. The second-order valence-electron chi connectivity index (χ2n) is 2.49. The van der Waals surface area contributed by atoms with Gasteiger partial charge in [0.05, 0.1) is 0 Å². The number of hydrogen-bond donors (Lipinski definition) is 0. The van der Waals surface area contributed by atoms with Crippen molar-refractivity contribution in [2.75, 3.05) is 0 Å². The Morgan fingerprint density at radius 2 is 2.23 bits per heavy atom. The SMILES string of the molecule is C/C=C/C(=O)c1ccc(I)c(Br)c1. The molecular formula is C10H8BrIO. The third-order valence-electron chi connectivity index (χ3n) is 1.52. The summed E-state index contributed by atoms with van der Waals surface area (Å²) in [5.74, 6) is 0.0413. The third-order valence-corrected chi connectivity index (χ3v) is 3.86. The molecule has 0 radical (unpaired) electrons. The summed E-state index contributed by atoms with van der Waals surface area (Å²) in [6, 6.07) is 5.58. The fourth-order valence-electron chi connectivity index (χ4n) is 0.897. The summed E-state index contributed by atoms with van der Waals surface area (Å²) in [5, 5.41) is 0. The molecule has 0 unspecified atom stereocenters. The lowest BCUT2D eigenvalue weighted by molar-refractivity contribution is 0.104. The molecule has 1 rings (SSSR count). The molecule has 0 fully saturated rings. The van der Waals surface area contributed by atoms with E-state index >= 15 is 0 Å². The van der Waals surface area contributed by atoms with Crippen LogP contribution < -0.4 is 0 Å². The average Bonchev–Trinajstić information content (AvgIpc) is 2.10. The van der Waals surface area contributed by atoms with Gasteiger partial charge in [-0.05, 0) is 69.7 Å². The number of allylic oxidation sites excluding steroid dienone is 2. The Morgan fingerprint density at radius 1 is 1.54 bits per heavy atom. The first-order valence-electron chi connectivity index (χ1n) is 3.77. The van der Waals surface area contributed by atoms with Gasteiger partial charge in [0.2, 0.25) is 0 Å². The first-order chi connectivity index (χ1) is 6.15. The Bertz CT molecular complexity index is 358. The first kappa shape index (κ1) is 10.9. The summed E-state index contributed by atoms with van der Waals surface area (Å²) in [6.45, 7) is 1.83. The minimum Gasteiger partial charge on any atom is -0.289 e. The summed E-state index contributed by atoms with van der Waals surface area (Å²) >= 11 is 5.59. The molecule has 3 heteroatoms. The molecule has 0 aliphatic heterocycles. The zero-order valence-corrected chi connectivity index (χ0v) is 10.8. The topological polar surface area (TPSA) is 17.1 Å². The lowest BCUT2D eigenvalue weighted by Gasteiger charge is -1.98. The van der Waals surface area contributed by atoms with E-state index < -0.39 is 0 Å². The number of halogens is 2. The maximum Gasteiger partial charge on any atom is 0.185 e. The lowest BCUT2D eigenvalue weighted by atomic mass is 10.1. The monoisotopic (exact) mass is 350 g/mol. The quantitative estimate of drug-likeness (QED) is 0.450. The van der Waals surface area contributed by atoms with Gasteiger partial charge in [0.25, 0.3) is 0 Å². The second-order valence-corrected chi connectivity index (χ2v) is 4.51. The van der Waals surface area contributed by atoms with Gasteiger partial charge >= 0.3 is 0 Å². The van der Waals surface area contributed by atoms with Crippen molar-refractivity contribution in [3.8, 4) is 0 Å². The molecule has 0 saturated heterocycles. The van der Waals surface area contributed by atoms with Gasteiger partial charge in [-0.2, -0.15) is 0 Å². The maximum atomic E-state index is 11.4. The van der Waals surface area contributed by atoms with E-state index in [0.29, 0.717) is 5.56 Å². The Kier molecular flexibility index (Phi) is 4.12. The van der Waals surface area contributed by atoms with Gasteiger partial charge in [0, 0.05) is 13.6 Å². The van der Waals surface area contributed by atoms with E-state index in [1.165, 1.54) is 0 Å². The number of rotatable bonds is 2. The van der Waals surface area contributed by atoms with Crippen LogP contribution >= 0.6 is 38.5 Å². The van der Waals surface area contributed by atoms with Gasteiger partial charge in [0.15, 0.2) is 5.78 Å². The van der Waals surface area contributed by atoms with Gasteiger partial charge in [-0.15, -0.1) is 0 Å². The Balaban J connectivity index is 3.04. The predicted octanol–water partition coefficient (Wildman–Crippen LogP) is 3.81. The fourth-order valence-corrected chi connectivity index (χ4v) is 1.61. The van der Waals surface area contributed by atoms with Crippen LogP contribution in [0.2, 0.25) is 0 Å². The molecule has 0 spiro atoms. The summed E-state index contributed by atoms with van der Waals surface area (Å²) in [5.41, 5.74) is 0.713. The van der Waals surface area contributed by atoms with Crippen LogP contribution in [0.25, 0.3) is 0 Å². The van der Waals surface area contributed by atoms with Crippen LogP contribution in [0.1, 0.15) is 17.3 Å². The van der Waals surface area contributed by atoms with E-state index in [1.807, 2.05) is 25.1 Å². The van der Waals surface area contributed by atoms with Crippen LogP contribution in [0.15, 0.2) is 34.8 Å². The smallest absolute Gasteiger partial charge is 0.185 e. The molecule has 13 heavy (non-hydrogen) atoms. The van der Waals surface area contributed by atoms with Crippen LogP contribution in [-0.4, -0.2) is 5.78 Å². The highest BCUT2D eigenvalue weighted by Crippen LogP contribution is 2.20. The molecule has 0 aliphatic carbocycles. The van der Waals surface area contributed by atoms with Crippen molar-refractivity contribution >= 4 is 44.3 Å². The second kappa shape index (κ2) is 4.91. The normalized spacial score (nSPS) is 10.7. The van der Waals surface area contributed by atoms with E-state index in [4.69, 9.17) is 0 Å². The van der Waals surface area contributed by atoms with E-state index in [1.54, 1.807) is 12.2 Å². The Hall–Kier alpha value is -0.160. The summed E-state index contributed by atoms with van der Waals surface area (Å²) < 4.78 is 2.07. The zero-order valence-electron chi connectivity index (χ0n) is 7.05. The van der Waals surface area contributed by atoms with E-state index in [0.717, 1.165) is 8.04 Å². The molecule has 0 saturated carbocycles. The fraction of sp³-hybridized carbons (Fsp3) is 0.100. The van der Waals surface area contributed by atoms with Crippen LogP contribution in [0.4, 0.5) is 0 Å². The number of benzene rings is 1. The van der Waals surface area contributed by atoms with Gasteiger partial charge in [-0.25, -0.2) is 0 Å². The lowest BCUT2D eigenvalue weighted by Crippen LogP contribution is -1.94. The molecular weight excluding hydrogens is 343 g/mol. The predicted molar refractivity (Wildman–Crippen MR) is 66.0 cm³/mol. The van der Waals surface area contributed by atoms with Crippen molar-refractivity contribution < 1.29 is 4.79 Å². The molecule has 1 nitrogen and oxygen atoms in total. The zero-order chi connectivity index (χ0) is 9.84. The van der Waals surface area contributed by atoms with Crippen molar-refractivity contribution in [1.29, 1.82) is 0 Å². The van der Waals surface area contributed by atoms with Crippen molar-refractivity contribution in [2.45, 2.75) is 6.92 Å². The molecule has 0 heterocycles. The van der Waals surface area contributed by atoms with Gasteiger partial charge in [-0.1, -0.05) is 6.08 Å². The summed E-state index contributed by atoms with van der Waals surface area (Å²) in [6.07, 6.45) is 3.31. The van der Waals surface area contributed by atoms with Crippen molar-refractivity contribution in [1.82, 2.24) is 0 Å². The number of carbonyl (C=O) groups is 1. The number of ketones is 1. The average molecular weight is 351 g/mol. The van der Waals surface area contributed by atoms with Crippen molar-refractivity contribution in [3.63, 3.8) is 0 Å². The molecule has 0 N–H and O–H groups in total. The summed E-state index contributed by atoms with van der Waals surface area (Å²) in [4.78, 5) is 11.4. The van der Waals surface area contributed by atoms with E-state index in [2.05, 4.69) is 38.5 Å². The Morgan fingerprint density at radius 3 is 2.77 bits per heavy atom. The molecule has 0 aromatic heterocycles. The van der Waals surface area contributed by atoms with Crippen LogP contribution in [0.5, 0.6) is 0 Å². The minimum atomic E-state index is 0.0413. The third kappa shape index (κ3) is 2.91. The van der Waals surface area contributed by atoms with Crippen molar-refractivity contribution in [2.24, 2.45) is 0 Å². The maximum absolute atomic E-state index is 11.4. The standard InChI is InChI=1S/C10H8BrIO/c1-2-3-10(13)7-4-5-9(12)8(11)6-7/h2-6H,1H3/b3-2+. The van der Waals surface area contributed by atoms with Gasteiger partial charge in [-0.3, -0.25) is 4.79 Å². The highest BCUT2D eigenvalue weighted by molar-refractivity contribution is 14.1. The Labute approximate surface area is 99.5 Å². The largest absolute Gasteiger partial charge is 0.289 e.